The van der Waals surface area contributed by atoms with Gasteiger partial charge in [0, 0.05) is 34.6 Å². The van der Waals surface area contributed by atoms with E-state index in [0.717, 1.165) is 34.6 Å². The van der Waals surface area contributed by atoms with Gasteiger partial charge in [0.2, 0.25) is 5.91 Å². The Balaban J connectivity index is 2.54. The van der Waals surface area contributed by atoms with Gasteiger partial charge in [0.15, 0.2) is 30.9 Å². The lowest BCUT2D eigenvalue weighted by molar-refractivity contribution is -0.343. The average molecular weight is 551 g/mol. The molecule has 0 aromatic carbocycles. The summed E-state index contributed by atoms with van der Waals surface area (Å²) in [7, 11) is 0. The van der Waals surface area contributed by atoms with Crippen LogP contribution in [0.5, 0.6) is 0 Å². The fourth-order valence-electron chi connectivity index (χ4n) is 4.09. The number of rotatable bonds is 9. The van der Waals surface area contributed by atoms with Crippen LogP contribution in [-0.4, -0.2) is 120 Å². The van der Waals surface area contributed by atoms with Gasteiger partial charge >= 0.3 is 23.9 Å². The maximum absolute atomic E-state index is 12.0. The largest absolute Gasteiger partial charge is 0.463 e. The van der Waals surface area contributed by atoms with Gasteiger partial charge in [-0.3, -0.25) is 24.0 Å². The molecule has 10 atom stereocenters. The number of aliphatic hydroxyl groups is 3. The van der Waals surface area contributed by atoms with Crippen LogP contribution >= 0.6 is 0 Å². The molecule has 38 heavy (non-hydrogen) atoms. The lowest BCUT2D eigenvalue weighted by Crippen LogP contribution is -2.68. The van der Waals surface area contributed by atoms with Crippen molar-refractivity contribution >= 4 is 29.8 Å². The third kappa shape index (κ3) is 8.31. The Hall–Kier alpha value is -2.89. The zero-order valence-corrected chi connectivity index (χ0v) is 21.4. The summed E-state index contributed by atoms with van der Waals surface area (Å²) in [5, 5.41) is 33.1. The zero-order chi connectivity index (χ0) is 28.7. The average Bonchev–Trinajstić information content (AvgIpc) is 2.79. The lowest BCUT2D eigenvalue weighted by Gasteiger charge is -2.48. The van der Waals surface area contributed by atoms with Gasteiger partial charge in [-0.2, -0.15) is 0 Å². The molecule has 0 bridgehead atoms. The van der Waals surface area contributed by atoms with E-state index in [2.05, 4.69) is 5.32 Å². The van der Waals surface area contributed by atoms with E-state index in [-0.39, 0.29) is 0 Å². The number of ether oxygens (including phenoxy) is 7. The Labute approximate surface area is 217 Å². The fraction of sp³-hybridized carbons (Fsp3) is 0.773. The second-order valence-electron chi connectivity index (χ2n) is 8.63. The van der Waals surface area contributed by atoms with Crippen molar-refractivity contribution in [2.75, 3.05) is 13.2 Å². The molecule has 2 fully saturated rings. The van der Waals surface area contributed by atoms with Gasteiger partial charge in [-0.05, 0) is 0 Å². The SMILES string of the molecule is CC(=O)N[C@@H]1[C@@H](O[C@@H]2O[C@H](COC(C)=O)[C@H](OC(C)=O)[C@H](OC(C)=O)[C@H]2OC(C)=O)[C@H](O)[C@@H](CO)O[C@H]1O. The molecular formula is C22H33NO15. The van der Waals surface area contributed by atoms with E-state index in [4.69, 9.17) is 33.2 Å². The van der Waals surface area contributed by atoms with Crippen molar-refractivity contribution in [3.63, 3.8) is 0 Å². The van der Waals surface area contributed by atoms with E-state index in [1.807, 2.05) is 0 Å². The second kappa shape index (κ2) is 13.8. The van der Waals surface area contributed by atoms with Crippen LogP contribution in [0.2, 0.25) is 0 Å². The summed E-state index contributed by atoms with van der Waals surface area (Å²) >= 11 is 0. The highest BCUT2D eigenvalue weighted by Crippen LogP contribution is 2.33. The van der Waals surface area contributed by atoms with E-state index in [1.54, 1.807) is 0 Å². The minimum Gasteiger partial charge on any atom is -0.463 e. The van der Waals surface area contributed by atoms with Gasteiger partial charge in [0.1, 0.15) is 37.1 Å². The normalized spacial score (nSPS) is 34.9. The van der Waals surface area contributed by atoms with Crippen molar-refractivity contribution in [2.45, 2.75) is 96.0 Å². The summed E-state index contributed by atoms with van der Waals surface area (Å²) in [6.45, 7) is 4.10. The highest BCUT2D eigenvalue weighted by Gasteiger charge is 2.55. The molecule has 2 rings (SSSR count). The fourth-order valence-corrected chi connectivity index (χ4v) is 4.09. The van der Waals surface area contributed by atoms with Crippen molar-refractivity contribution in [1.29, 1.82) is 0 Å². The Kier molecular flexibility index (Phi) is 11.4. The first-order chi connectivity index (χ1) is 17.7. The van der Waals surface area contributed by atoms with Crippen molar-refractivity contribution in [2.24, 2.45) is 0 Å². The van der Waals surface area contributed by atoms with Crippen LogP contribution in [0.3, 0.4) is 0 Å². The van der Waals surface area contributed by atoms with Crippen molar-refractivity contribution in [1.82, 2.24) is 5.32 Å². The van der Waals surface area contributed by atoms with Crippen LogP contribution < -0.4 is 5.32 Å². The Morgan fingerprint density at radius 1 is 0.737 bits per heavy atom. The molecule has 4 N–H and O–H groups in total. The molecule has 0 spiro atoms. The minimum absolute atomic E-state index is 0.523. The topological polar surface area (TPSA) is 223 Å². The first kappa shape index (κ1) is 31.3. The molecule has 2 aliphatic heterocycles. The van der Waals surface area contributed by atoms with E-state index in [9.17, 15) is 39.3 Å². The van der Waals surface area contributed by atoms with Gasteiger partial charge in [0.05, 0.1) is 6.61 Å². The first-order valence-electron chi connectivity index (χ1n) is 11.6. The van der Waals surface area contributed by atoms with Gasteiger partial charge in [0.25, 0.3) is 0 Å². The van der Waals surface area contributed by atoms with Gasteiger partial charge < -0.3 is 53.8 Å². The second-order valence-corrected chi connectivity index (χ2v) is 8.63. The van der Waals surface area contributed by atoms with E-state index in [1.165, 1.54) is 0 Å². The van der Waals surface area contributed by atoms with Crippen molar-refractivity contribution < 1.29 is 72.5 Å². The van der Waals surface area contributed by atoms with Gasteiger partial charge in [-0.1, -0.05) is 0 Å². The Morgan fingerprint density at radius 2 is 1.29 bits per heavy atom. The summed E-state index contributed by atoms with van der Waals surface area (Å²) in [5.41, 5.74) is 0. The monoisotopic (exact) mass is 551 g/mol. The van der Waals surface area contributed by atoms with Crippen LogP contribution in [0.15, 0.2) is 0 Å². The Morgan fingerprint density at radius 3 is 1.79 bits per heavy atom. The number of esters is 4. The highest BCUT2D eigenvalue weighted by molar-refractivity contribution is 5.73. The molecule has 0 aromatic rings. The van der Waals surface area contributed by atoms with Crippen LogP contribution in [0, 0.1) is 0 Å². The summed E-state index contributed by atoms with van der Waals surface area (Å²) in [4.78, 5) is 59.0. The third-order valence-electron chi connectivity index (χ3n) is 5.48. The standard InChI is InChI=1S/C22H33NO15/c1-8(25)23-15-18(16(30)13(6-24)36-21(15)31)38-22-20(35-12(5)29)19(34-11(4)28)17(33-10(3)27)14(37-22)7-32-9(2)26/h13-22,24,30-31H,6-7H2,1-5H3,(H,23,25)/t13-,14-,15-,16-,17+,18-,19+,20-,21-,22+/m1/s1. The summed E-state index contributed by atoms with van der Waals surface area (Å²) in [6, 6.07) is -1.41. The molecule has 2 saturated heterocycles. The van der Waals surface area contributed by atoms with Crippen LogP contribution in [0.4, 0.5) is 0 Å². The van der Waals surface area contributed by atoms with Crippen LogP contribution in [-0.2, 0) is 57.1 Å². The van der Waals surface area contributed by atoms with Crippen LogP contribution in [0.25, 0.3) is 0 Å². The quantitative estimate of drug-likeness (QED) is 0.166. The predicted octanol–water partition coefficient (Wildman–Crippen LogP) is -2.97. The van der Waals surface area contributed by atoms with Crippen molar-refractivity contribution in [3.8, 4) is 0 Å². The lowest BCUT2D eigenvalue weighted by atomic mass is 9.95. The Bertz CT molecular complexity index is 881. The molecule has 0 saturated carbocycles. The number of amides is 1. The number of hydrogen-bond donors (Lipinski definition) is 4. The summed E-state index contributed by atoms with van der Waals surface area (Å²) in [6.07, 6.45) is -14.0. The first-order valence-corrected chi connectivity index (χ1v) is 11.6. The molecule has 2 aliphatic rings. The minimum atomic E-state index is -1.75. The van der Waals surface area contributed by atoms with Gasteiger partial charge in [-0.25, -0.2) is 0 Å². The van der Waals surface area contributed by atoms with E-state index >= 15 is 0 Å². The smallest absolute Gasteiger partial charge is 0.303 e. The molecule has 16 heteroatoms. The van der Waals surface area contributed by atoms with E-state index < -0.39 is 104 Å². The van der Waals surface area contributed by atoms with Gasteiger partial charge in [-0.15, -0.1) is 0 Å². The molecule has 1 amide bonds. The highest BCUT2D eigenvalue weighted by atomic mass is 16.7. The number of carbonyl (C=O) groups is 5. The number of aliphatic hydroxyl groups excluding tert-OH is 3. The molecule has 0 aliphatic carbocycles. The number of carbonyl (C=O) groups excluding carboxylic acids is 5. The number of hydrogen-bond acceptors (Lipinski definition) is 15. The summed E-state index contributed by atoms with van der Waals surface area (Å²) in [5.74, 6) is -3.94. The molecule has 0 radical (unpaired) electrons. The maximum atomic E-state index is 12.0. The molecule has 0 aromatic heterocycles. The van der Waals surface area contributed by atoms with E-state index in [0.29, 0.717) is 0 Å². The zero-order valence-electron chi connectivity index (χ0n) is 21.4. The predicted molar refractivity (Wildman–Crippen MR) is 118 cm³/mol. The third-order valence-corrected chi connectivity index (χ3v) is 5.48. The summed E-state index contributed by atoms with van der Waals surface area (Å²) < 4.78 is 37.7. The van der Waals surface area contributed by atoms with Crippen molar-refractivity contribution in [3.05, 3.63) is 0 Å². The molecule has 2 heterocycles. The molecule has 0 unspecified atom stereocenters. The molecule has 216 valence electrons. The number of nitrogens with one attached hydrogen (secondary N) is 1. The molecule has 16 nitrogen and oxygen atoms in total. The molecular weight excluding hydrogens is 518 g/mol. The maximum Gasteiger partial charge on any atom is 0.303 e. The van der Waals surface area contributed by atoms with Crippen LogP contribution in [0.1, 0.15) is 34.6 Å².